The Hall–Kier alpha value is -2.41. The van der Waals surface area contributed by atoms with Crippen LogP contribution >= 0.6 is 12.2 Å². The standard InChI is InChI=1S/C18H21N3O3S/c1-11(14-4-2-3-5-16(14)24-10-17(22)23)20-21-18(25)19-15-9-12-6-7-13(15)8-12/h2-7,12-13,15H,8-10H2,1H3,(H,22,23)(H2,19,21,25)/b20-11-/t12-,13+,15+/m0/s1. The quantitative estimate of drug-likeness (QED) is 0.313. The number of carbonyl (C=O) groups is 1. The van der Waals surface area contributed by atoms with Gasteiger partial charge in [-0.15, -0.1) is 0 Å². The minimum absolute atomic E-state index is 0.372. The molecule has 0 unspecified atom stereocenters. The number of hydrogen-bond acceptors (Lipinski definition) is 4. The van der Waals surface area contributed by atoms with Gasteiger partial charge in [-0.05, 0) is 56.0 Å². The van der Waals surface area contributed by atoms with Crippen LogP contribution in [0.25, 0.3) is 0 Å². The molecule has 0 saturated heterocycles. The van der Waals surface area contributed by atoms with Gasteiger partial charge in [0.1, 0.15) is 5.75 Å². The van der Waals surface area contributed by atoms with Crippen molar-refractivity contribution in [3.8, 4) is 5.75 Å². The molecule has 3 rings (SSSR count). The first kappa shape index (κ1) is 17.4. The Kier molecular flexibility index (Phi) is 5.33. The lowest BCUT2D eigenvalue weighted by Gasteiger charge is -2.21. The van der Waals surface area contributed by atoms with Crippen molar-refractivity contribution in [2.75, 3.05) is 6.61 Å². The normalized spacial score (nSPS) is 24.2. The molecule has 2 bridgehead atoms. The van der Waals surface area contributed by atoms with Gasteiger partial charge in [0, 0.05) is 11.6 Å². The second-order valence-electron chi connectivity index (χ2n) is 6.35. The Morgan fingerprint density at radius 2 is 2.16 bits per heavy atom. The Bertz CT molecular complexity index is 732. The lowest BCUT2D eigenvalue weighted by atomic mass is 10.0. The number of allylic oxidation sites excluding steroid dienone is 1. The monoisotopic (exact) mass is 359 g/mol. The molecular weight excluding hydrogens is 338 g/mol. The van der Waals surface area contributed by atoms with Crippen molar-refractivity contribution in [3.05, 3.63) is 42.0 Å². The maximum Gasteiger partial charge on any atom is 0.341 e. The highest BCUT2D eigenvalue weighted by Gasteiger charge is 2.35. The van der Waals surface area contributed by atoms with Crippen LogP contribution in [-0.2, 0) is 4.79 Å². The zero-order valence-corrected chi connectivity index (χ0v) is 14.8. The fourth-order valence-corrected chi connectivity index (χ4v) is 3.57. The van der Waals surface area contributed by atoms with Crippen molar-refractivity contribution in [2.45, 2.75) is 25.8 Å². The molecular formula is C18H21N3O3S. The first-order valence-corrected chi connectivity index (χ1v) is 8.67. The number of ether oxygens (including phenoxy) is 1. The predicted octanol–water partition coefficient (Wildman–Crippen LogP) is 2.30. The van der Waals surface area contributed by atoms with Gasteiger partial charge in [-0.1, -0.05) is 24.3 Å². The summed E-state index contributed by atoms with van der Waals surface area (Å²) < 4.78 is 5.30. The van der Waals surface area contributed by atoms with E-state index in [0.29, 0.717) is 34.5 Å². The van der Waals surface area contributed by atoms with E-state index in [2.05, 4.69) is 28.0 Å². The largest absolute Gasteiger partial charge is 0.481 e. The molecule has 2 aliphatic carbocycles. The molecule has 7 heteroatoms. The molecule has 3 atom stereocenters. The zero-order chi connectivity index (χ0) is 17.8. The van der Waals surface area contributed by atoms with Gasteiger partial charge in [-0.2, -0.15) is 5.10 Å². The summed E-state index contributed by atoms with van der Waals surface area (Å²) in [6.07, 6.45) is 6.86. The van der Waals surface area contributed by atoms with E-state index in [4.69, 9.17) is 22.1 Å². The highest BCUT2D eigenvalue weighted by atomic mass is 32.1. The number of para-hydroxylation sites is 1. The van der Waals surface area contributed by atoms with E-state index in [-0.39, 0.29) is 0 Å². The number of hydrogen-bond donors (Lipinski definition) is 3. The topological polar surface area (TPSA) is 83.0 Å². The van der Waals surface area contributed by atoms with Gasteiger partial charge < -0.3 is 15.2 Å². The third kappa shape index (κ3) is 4.36. The number of rotatable bonds is 6. The van der Waals surface area contributed by atoms with E-state index >= 15 is 0 Å². The van der Waals surface area contributed by atoms with E-state index in [1.165, 1.54) is 6.42 Å². The summed E-state index contributed by atoms with van der Waals surface area (Å²) in [5.74, 6) is 0.687. The third-order valence-corrected chi connectivity index (χ3v) is 4.76. The van der Waals surface area contributed by atoms with E-state index in [9.17, 15) is 4.79 Å². The second-order valence-corrected chi connectivity index (χ2v) is 6.76. The molecule has 0 heterocycles. The minimum atomic E-state index is -1.02. The summed E-state index contributed by atoms with van der Waals surface area (Å²) in [5.41, 5.74) is 4.26. The van der Waals surface area contributed by atoms with Crippen molar-refractivity contribution >= 4 is 29.0 Å². The Labute approximate surface area is 152 Å². The highest BCUT2D eigenvalue weighted by Crippen LogP contribution is 2.38. The number of carboxylic acid groups (broad SMARTS) is 1. The summed E-state index contributed by atoms with van der Waals surface area (Å²) >= 11 is 5.33. The fraction of sp³-hybridized carbons (Fsp3) is 0.389. The van der Waals surface area contributed by atoms with Crippen molar-refractivity contribution in [2.24, 2.45) is 16.9 Å². The lowest BCUT2D eigenvalue weighted by molar-refractivity contribution is -0.139. The van der Waals surface area contributed by atoms with E-state index in [1.807, 2.05) is 19.1 Å². The molecule has 1 fully saturated rings. The molecule has 0 radical (unpaired) electrons. The molecule has 0 aromatic heterocycles. The van der Waals surface area contributed by atoms with Crippen LogP contribution in [0.1, 0.15) is 25.3 Å². The van der Waals surface area contributed by atoms with Crippen LogP contribution in [0, 0.1) is 11.8 Å². The van der Waals surface area contributed by atoms with Crippen LogP contribution < -0.4 is 15.5 Å². The number of benzene rings is 1. The average molecular weight is 359 g/mol. The molecule has 1 aromatic rings. The smallest absolute Gasteiger partial charge is 0.341 e. The lowest BCUT2D eigenvalue weighted by Crippen LogP contribution is -2.42. The van der Waals surface area contributed by atoms with Crippen LogP contribution in [0.4, 0.5) is 0 Å². The molecule has 6 nitrogen and oxygen atoms in total. The molecule has 3 N–H and O–H groups in total. The summed E-state index contributed by atoms with van der Waals surface area (Å²) in [4.78, 5) is 10.7. The van der Waals surface area contributed by atoms with E-state index < -0.39 is 12.6 Å². The van der Waals surface area contributed by atoms with Gasteiger partial charge in [0.15, 0.2) is 11.7 Å². The average Bonchev–Trinajstić information content (AvgIpc) is 3.21. The number of carboxylic acids is 1. The fourth-order valence-electron chi connectivity index (χ4n) is 3.37. The minimum Gasteiger partial charge on any atom is -0.481 e. The number of thiocarbonyl (C=S) groups is 1. The number of fused-ring (bicyclic) bond motifs is 2. The van der Waals surface area contributed by atoms with Crippen LogP contribution in [-0.4, -0.2) is 34.5 Å². The number of hydrazone groups is 1. The van der Waals surface area contributed by atoms with Crippen molar-refractivity contribution in [3.63, 3.8) is 0 Å². The molecule has 1 aromatic carbocycles. The van der Waals surface area contributed by atoms with Crippen molar-refractivity contribution in [1.82, 2.24) is 10.7 Å². The van der Waals surface area contributed by atoms with Crippen LogP contribution in [0.5, 0.6) is 5.75 Å². The second kappa shape index (κ2) is 7.65. The predicted molar refractivity (Wildman–Crippen MR) is 99.8 cm³/mol. The maximum atomic E-state index is 10.7. The van der Waals surface area contributed by atoms with Crippen LogP contribution in [0.15, 0.2) is 41.5 Å². The van der Waals surface area contributed by atoms with Gasteiger partial charge in [0.2, 0.25) is 0 Å². The molecule has 1 saturated carbocycles. The number of nitrogens with zero attached hydrogens (tertiary/aromatic N) is 1. The maximum absolute atomic E-state index is 10.7. The Balaban J connectivity index is 1.58. The van der Waals surface area contributed by atoms with Gasteiger partial charge in [0.05, 0.1) is 5.71 Å². The molecule has 132 valence electrons. The first-order chi connectivity index (χ1) is 12.0. The van der Waals surface area contributed by atoms with Gasteiger partial charge in [0.25, 0.3) is 0 Å². The zero-order valence-electron chi connectivity index (χ0n) is 13.9. The van der Waals surface area contributed by atoms with Crippen molar-refractivity contribution < 1.29 is 14.6 Å². The Morgan fingerprint density at radius 1 is 1.36 bits per heavy atom. The van der Waals surface area contributed by atoms with E-state index in [0.717, 1.165) is 12.0 Å². The number of nitrogens with one attached hydrogen (secondary N) is 2. The molecule has 0 spiro atoms. The molecule has 0 amide bonds. The SMILES string of the molecule is C/C(=N/NC(=S)N[C@@H]1C[C@H]2C=C[C@@H]1C2)c1ccccc1OCC(=O)O. The number of aliphatic carboxylic acids is 1. The van der Waals surface area contributed by atoms with Gasteiger partial charge >= 0.3 is 5.97 Å². The van der Waals surface area contributed by atoms with Crippen molar-refractivity contribution in [1.29, 1.82) is 0 Å². The summed E-state index contributed by atoms with van der Waals surface area (Å²) in [6.45, 7) is 1.42. The van der Waals surface area contributed by atoms with Crippen LogP contribution in [0.3, 0.4) is 0 Å². The Morgan fingerprint density at radius 3 is 2.84 bits per heavy atom. The molecule has 2 aliphatic rings. The van der Waals surface area contributed by atoms with Crippen LogP contribution in [0.2, 0.25) is 0 Å². The van der Waals surface area contributed by atoms with Gasteiger partial charge in [-0.3, -0.25) is 5.43 Å². The van der Waals surface area contributed by atoms with E-state index in [1.54, 1.807) is 12.1 Å². The van der Waals surface area contributed by atoms with Gasteiger partial charge in [-0.25, -0.2) is 4.79 Å². The first-order valence-electron chi connectivity index (χ1n) is 8.26. The highest BCUT2D eigenvalue weighted by molar-refractivity contribution is 7.80. The summed E-state index contributed by atoms with van der Waals surface area (Å²) in [6, 6.07) is 7.55. The molecule has 0 aliphatic heterocycles. The third-order valence-electron chi connectivity index (χ3n) is 4.55. The molecule has 25 heavy (non-hydrogen) atoms. The summed E-state index contributed by atoms with van der Waals surface area (Å²) in [5, 5.41) is 16.9. The summed E-state index contributed by atoms with van der Waals surface area (Å²) in [7, 11) is 0.